The minimum absolute atomic E-state index is 0. The zero-order chi connectivity index (χ0) is 19.1. The smallest absolute Gasteiger partial charge is 1.00 e. The van der Waals surface area contributed by atoms with E-state index in [1.807, 2.05) is 54.7 Å². The van der Waals surface area contributed by atoms with Gasteiger partial charge >= 0.3 is 17.1 Å². The van der Waals surface area contributed by atoms with E-state index in [-0.39, 0.29) is 54.0 Å². The molecule has 0 amide bonds. The number of hydrogen-bond donors (Lipinski definition) is 0. The van der Waals surface area contributed by atoms with Gasteiger partial charge in [0, 0.05) is 12.2 Å². The number of nitrogens with zero attached hydrogens (tertiary/aromatic N) is 5. The number of allylic oxidation sites excluding steroid dienone is 2. The molecule has 160 valence electrons. The second kappa shape index (κ2) is 10.2. The molecule has 31 heavy (non-hydrogen) atoms. The largest absolute Gasteiger partial charge is 2.00 e. The Bertz CT molecular complexity index is 1040. The maximum absolute atomic E-state index is 5.27. The van der Waals surface area contributed by atoms with Crippen LogP contribution < -0.4 is 24.8 Å². The zero-order valence-corrected chi connectivity index (χ0v) is 19.1. The van der Waals surface area contributed by atoms with Crippen molar-refractivity contribution in [1.82, 2.24) is 4.98 Å². The molecule has 0 fully saturated rings. The molecule has 2 unspecified atom stereocenters. The minimum atomic E-state index is -0.0889. The first-order valence-electron chi connectivity index (χ1n) is 8.92. The fourth-order valence-electron chi connectivity index (χ4n) is 3.29. The van der Waals surface area contributed by atoms with Gasteiger partial charge in [0.05, 0.1) is 25.6 Å². The van der Waals surface area contributed by atoms with E-state index in [0.717, 1.165) is 22.9 Å². The molecule has 0 spiro atoms. The van der Waals surface area contributed by atoms with Crippen LogP contribution >= 0.6 is 0 Å². The SMILES string of the molecule is COC1=CC2=NC(c3cccc(C4=NC5C=CC(OC)=CC5=N4)n3)=NC2C=C1.[Cl-].[Cl-].[Fe+2]. The van der Waals surface area contributed by atoms with Crippen LogP contribution in [0.15, 0.2) is 86.1 Å². The maximum atomic E-state index is 5.27. The molecule has 0 saturated carbocycles. The number of halogens is 2. The summed E-state index contributed by atoms with van der Waals surface area (Å²) in [6, 6.07) is 5.54. The Morgan fingerprint density at radius 2 is 1.19 bits per heavy atom. The third-order valence-corrected chi connectivity index (χ3v) is 4.74. The number of rotatable bonds is 4. The van der Waals surface area contributed by atoms with E-state index in [4.69, 9.17) is 14.5 Å². The maximum Gasteiger partial charge on any atom is 2.00 e. The average molecular weight is 498 g/mol. The monoisotopic (exact) mass is 497 g/mol. The van der Waals surface area contributed by atoms with Crippen molar-refractivity contribution in [2.45, 2.75) is 12.1 Å². The van der Waals surface area contributed by atoms with E-state index < -0.39 is 0 Å². The Morgan fingerprint density at radius 3 is 1.61 bits per heavy atom. The first kappa shape index (κ1) is 24.8. The van der Waals surface area contributed by atoms with Crippen molar-refractivity contribution < 1.29 is 51.4 Å². The molecule has 2 aliphatic carbocycles. The Hall–Kier alpha value is -2.51. The summed E-state index contributed by atoms with van der Waals surface area (Å²) in [6.07, 6.45) is 11.5. The molecule has 4 aliphatic rings. The van der Waals surface area contributed by atoms with Crippen LogP contribution in [0.1, 0.15) is 11.4 Å². The first-order chi connectivity index (χ1) is 13.7. The number of hydrogen-bond acceptors (Lipinski definition) is 7. The second-order valence-electron chi connectivity index (χ2n) is 6.50. The number of fused-ring (bicyclic) bond motifs is 2. The zero-order valence-electron chi connectivity index (χ0n) is 16.5. The van der Waals surface area contributed by atoms with Crippen LogP contribution in [0.25, 0.3) is 0 Å². The average Bonchev–Trinajstić information content (AvgIpc) is 3.36. The molecule has 0 saturated heterocycles. The van der Waals surface area contributed by atoms with Gasteiger partial charge in [-0.3, -0.25) is 9.98 Å². The van der Waals surface area contributed by atoms with Crippen LogP contribution in [0.5, 0.6) is 0 Å². The third-order valence-electron chi connectivity index (χ3n) is 4.74. The molecule has 0 aromatic carbocycles. The molecule has 0 radical (unpaired) electrons. The van der Waals surface area contributed by atoms with Crippen LogP contribution in [-0.4, -0.2) is 54.4 Å². The van der Waals surface area contributed by atoms with Gasteiger partial charge in [0.1, 0.15) is 35.0 Å². The van der Waals surface area contributed by atoms with Crippen LogP contribution in [-0.2, 0) is 26.5 Å². The number of aromatic nitrogens is 1. The molecule has 5 rings (SSSR count). The van der Waals surface area contributed by atoms with Gasteiger partial charge in [-0.25, -0.2) is 15.0 Å². The summed E-state index contributed by atoms with van der Waals surface area (Å²) in [6.45, 7) is 0. The Labute approximate surface area is 202 Å². The van der Waals surface area contributed by atoms with Gasteiger partial charge in [-0.2, -0.15) is 0 Å². The van der Waals surface area contributed by atoms with Crippen molar-refractivity contribution in [3.05, 3.63) is 77.6 Å². The summed E-state index contributed by atoms with van der Waals surface area (Å²) in [7, 11) is 3.28. The predicted octanol–water partition coefficient (Wildman–Crippen LogP) is -3.57. The molecule has 2 aliphatic heterocycles. The second-order valence-corrected chi connectivity index (χ2v) is 6.50. The Balaban J connectivity index is 0.00000114. The van der Waals surface area contributed by atoms with Gasteiger partial charge in [-0.05, 0) is 24.3 Å². The van der Waals surface area contributed by atoms with E-state index in [2.05, 4.69) is 20.0 Å². The van der Waals surface area contributed by atoms with Crippen LogP contribution in [0, 0.1) is 0 Å². The molecule has 2 atom stereocenters. The van der Waals surface area contributed by atoms with E-state index in [1.165, 1.54) is 0 Å². The van der Waals surface area contributed by atoms with Crippen molar-refractivity contribution in [2.24, 2.45) is 20.0 Å². The van der Waals surface area contributed by atoms with Gasteiger partial charge in [-0.1, -0.05) is 18.2 Å². The summed E-state index contributed by atoms with van der Waals surface area (Å²) in [5.41, 5.74) is 3.10. The molecule has 1 aromatic heterocycles. The molecule has 1 aromatic rings. The number of pyridine rings is 1. The Kier molecular flexibility index (Phi) is 8.14. The van der Waals surface area contributed by atoms with E-state index in [9.17, 15) is 0 Å². The van der Waals surface area contributed by atoms with Crippen LogP contribution in [0.2, 0.25) is 0 Å². The van der Waals surface area contributed by atoms with Crippen molar-refractivity contribution in [3.63, 3.8) is 0 Å². The standard InChI is InChI=1S/C21H17N5O2.2ClH.Fe/c1-27-12-6-8-14-18(10-12)25-20(23-14)16-4-3-5-17(22-16)21-24-15-9-7-13(28-2)11-19(15)26-21;;;/h3-11,14-15H,1-2H3;2*1H;/q;;;+2/p-2. The number of amidine groups is 2. The van der Waals surface area contributed by atoms with Gasteiger partial charge in [0.25, 0.3) is 0 Å². The molecule has 3 heterocycles. The number of aliphatic imine (C=N–C) groups is 4. The van der Waals surface area contributed by atoms with E-state index in [1.54, 1.807) is 14.2 Å². The Morgan fingerprint density at radius 1 is 0.742 bits per heavy atom. The van der Waals surface area contributed by atoms with Gasteiger partial charge in [-0.15, -0.1) is 0 Å². The predicted molar refractivity (Wildman–Crippen MR) is 108 cm³/mol. The van der Waals surface area contributed by atoms with Gasteiger partial charge in [0.15, 0.2) is 11.7 Å². The van der Waals surface area contributed by atoms with Crippen LogP contribution in [0.4, 0.5) is 0 Å². The number of ether oxygens (including phenoxy) is 2. The first-order valence-corrected chi connectivity index (χ1v) is 8.92. The topological polar surface area (TPSA) is 80.8 Å². The summed E-state index contributed by atoms with van der Waals surface area (Å²) >= 11 is 0. The van der Waals surface area contributed by atoms with Crippen molar-refractivity contribution in [1.29, 1.82) is 0 Å². The van der Waals surface area contributed by atoms with Crippen LogP contribution in [0.3, 0.4) is 0 Å². The molecule has 7 nitrogen and oxygen atoms in total. The van der Waals surface area contributed by atoms with Crippen molar-refractivity contribution in [3.8, 4) is 0 Å². The van der Waals surface area contributed by atoms with Crippen molar-refractivity contribution in [2.75, 3.05) is 14.2 Å². The summed E-state index contributed by atoms with van der Waals surface area (Å²) < 4.78 is 10.5. The molecular formula is C21H17Cl2FeN5O2. The normalized spacial score (nSPS) is 22.0. The van der Waals surface area contributed by atoms with Crippen molar-refractivity contribution >= 4 is 23.1 Å². The summed E-state index contributed by atoms with van der Waals surface area (Å²) in [5, 5.41) is 0. The molecule has 0 bridgehead atoms. The molecule has 10 heteroatoms. The molecular weight excluding hydrogens is 481 g/mol. The van der Waals surface area contributed by atoms with E-state index in [0.29, 0.717) is 23.1 Å². The minimum Gasteiger partial charge on any atom is -1.00 e. The fraction of sp³-hybridized carbons (Fsp3) is 0.190. The van der Waals surface area contributed by atoms with Gasteiger partial charge in [0.2, 0.25) is 0 Å². The molecule has 0 N–H and O–H groups in total. The van der Waals surface area contributed by atoms with E-state index >= 15 is 0 Å². The quantitative estimate of drug-likeness (QED) is 0.404. The fourth-order valence-corrected chi connectivity index (χ4v) is 3.29. The summed E-state index contributed by atoms with van der Waals surface area (Å²) in [4.78, 5) is 23.3. The summed E-state index contributed by atoms with van der Waals surface area (Å²) in [5.74, 6) is 2.74. The third kappa shape index (κ3) is 4.72. The number of methoxy groups -OCH3 is 2. The van der Waals surface area contributed by atoms with Gasteiger partial charge < -0.3 is 34.3 Å².